The summed E-state index contributed by atoms with van der Waals surface area (Å²) >= 11 is 0. The fraction of sp³-hybridized carbons (Fsp3) is 0.231. The van der Waals surface area contributed by atoms with Crippen LogP contribution < -0.4 is 5.32 Å². The zero-order valence-electron chi connectivity index (χ0n) is 9.57. The normalized spacial score (nSPS) is 10.1. The van der Waals surface area contributed by atoms with E-state index in [9.17, 15) is 0 Å². The minimum Gasteiger partial charge on any atom is -0.379 e. The van der Waals surface area contributed by atoms with Crippen molar-refractivity contribution in [3.8, 4) is 0 Å². The third-order valence-electron chi connectivity index (χ3n) is 2.46. The monoisotopic (exact) mass is 213 g/mol. The van der Waals surface area contributed by atoms with Crippen molar-refractivity contribution < 1.29 is 0 Å². The molecule has 1 aromatic heterocycles. The van der Waals surface area contributed by atoms with Crippen molar-refractivity contribution in [3.63, 3.8) is 0 Å². The number of hydrogen-bond acceptors (Lipinski definition) is 3. The van der Waals surface area contributed by atoms with Crippen molar-refractivity contribution in [3.05, 3.63) is 53.6 Å². The SMILES string of the molecule is Cc1ccc(NCc2cnccn2)c(C)c1. The number of benzene rings is 1. The van der Waals surface area contributed by atoms with Crippen molar-refractivity contribution in [2.45, 2.75) is 20.4 Å². The average Bonchev–Trinajstić information content (AvgIpc) is 2.29. The van der Waals surface area contributed by atoms with E-state index in [2.05, 4.69) is 47.3 Å². The average molecular weight is 213 g/mol. The molecule has 2 rings (SSSR count). The molecule has 0 aliphatic carbocycles. The van der Waals surface area contributed by atoms with Gasteiger partial charge in [0.05, 0.1) is 18.4 Å². The van der Waals surface area contributed by atoms with Crippen LogP contribution in [0.15, 0.2) is 36.8 Å². The molecular formula is C13H15N3. The molecule has 0 aliphatic heterocycles. The summed E-state index contributed by atoms with van der Waals surface area (Å²) in [6.45, 7) is 4.91. The maximum atomic E-state index is 4.22. The fourth-order valence-electron chi connectivity index (χ4n) is 1.62. The first kappa shape index (κ1) is 10.6. The van der Waals surface area contributed by atoms with E-state index in [-0.39, 0.29) is 0 Å². The Labute approximate surface area is 95.6 Å². The summed E-state index contributed by atoms with van der Waals surface area (Å²) in [7, 11) is 0. The maximum absolute atomic E-state index is 4.22. The molecule has 0 saturated carbocycles. The lowest BCUT2D eigenvalue weighted by atomic mass is 10.1. The van der Waals surface area contributed by atoms with Gasteiger partial charge in [-0.05, 0) is 25.5 Å². The van der Waals surface area contributed by atoms with Crippen molar-refractivity contribution in [2.75, 3.05) is 5.32 Å². The van der Waals surface area contributed by atoms with Gasteiger partial charge in [0.15, 0.2) is 0 Å². The number of hydrogen-bond donors (Lipinski definition) is 1. The molecule has 0 bridgehead atoms. The van der Waals surface area contributed by atoms with Gasteiger partial charge in [0.2, 0.25) is 0 Å². The quantitative estimate of drug-likeness (QED) is 0.851. The van der Waals surface area contributed by atoms with Gasteiger partial charge >= 0.3 is 0 Å². The Morgan fingerprint density at radius 2 is 2.06 bits per heavy atom. The van der Waals surface area contributed by atoms with Crippen LogP contribution in [0.4, 0.5) is 5.69 Å². The molecule has 0 amide bonds. The van der Waals surface area contributed by atoms with Gasteiger partial charge in [-0.2, -0.15) is 0 Å². The summed E-state index contributed by atoms with van der Waals surface area (Å²) in [6, 6.07) is 6.37. The second kappa shape index (κ2) is 4.75. The summed E-state index contributed by atoms with van der Waals surface area (Å²) in [4.78, 5) is 8.25. The summed E-state index contributed by atoms with van der Waals surface area (Å²) in [5, 5.41) is 3.35. The molecule has 1 N–H and O–H groups in total. The summed E-state index contributed by atoms with van der Waals surface area (Å²) in [6.07, 6.45) is 5.16. The van der Waals surface area contributed by atoms with Crippen molar-refractivity contribution in [1.82, 2.24) is 9.97 Å². The van der Waals surface area contributed by atoms with Gasteiger partial charge < -0.3 is 5.32 Å². The van der Waals surface area contributed by atoms with E-state index in [4.69, 9.17) is 0 Å². The van der Waals surface area contributed by atoms with Crippen LogP contribution >= 0.6 is 0 Å². The van der Waals surface area contributed by atoms with Crippen LogP contribution in [0.2, 0.25) is 0 Å². The number of rotatable bonds is 3. The minimum absolute atomic E-state index is 0.706. The van der Waals surface area contributed by atoms with E-state index in [1.807, 2.05) is 0 Å². The molecule has 0 aliphatic rings. The largest absolute Gasteiger partial charge is 0.379 e. The van der Waals surface area contributed by atoms with Crippen LogP contribution in [0, 0.1) is 13.8 Å². The molecule has 0 fully saturated rings. The molecule has 1 heterocycles. The zero-order valence-corrected chi connectivity index (χ0v) is 9.57. The third-order valence-corrected chi connectivity index (χ3v) is 2.46. The van der Waals surface area contributed by atoms with E-state index in [1.54, 1.807) is 18.6 Å². The highest BCUT2D eigenvalue weighted by Crippen LogP contribution is 2.16. The van der Waals surface area contributed by atoms with Gasteiger partial charge in [-0.25, -0.2) is 0 Å². The Hall–Kier alpha value is -1.90. The summed E-state index contributed by atoms with van der Waals surface area (Å²) < 4.78 is 0. The molecule has 0 radical (unpaired) electrons. The van der Waals surface area contributed by atoms with E-state index < -0.39 is 0 Å². The smallest absolute Gasteiger partial charge is 0.0777 e. The number of aryl methyl sites for hydroxylation is 2. The van der Waals surface area contributed by atoms with Crippen LogP contribution in [0.5, 0.6) is 0 Å². The van der Waals surface area contributed by atoms with Gasteiger partial charge in [-0.1, -0.05) is 17.7 Å². The van der Waals surface area contributed by atoms with Crippen molar-refractivity contribution in [1.29, 1.82) is 0 Å². The predicted molar refractivity (Wildman–Crippen MR) is 65.3 cm³/mol. The number of nitrogens with one attached hydrogen (secondary N) is 1. The van der Waals surface area contributed by atoms with Gasteiger partial charge in [-0.15, -0.1) is 0 Å². The number of anilines is 1. The van der Waals surface area contributed by atoms with Gasteiger partial charge in [0.1, 0.15) is 0 Å². The van der Waals surface area contributed by atoms with Crippen LogP contribution in [0.3, 0.4) is 0 Å². The number of aromatic nitrogens is 2. The predicted octanol–water partition coefficient (Wildman–Crippen LogP) is 2.71. The van der Waals surface area contributed by atoms with Crippen LogP contribution in [-0.4, -0.2) is 9.97 Å². The molecule has 3 nitrogen and oxygen atoms in total. The Morgan fingerprint density at radius 3 is 2.75 bits per heavy atom. The Bertz CT molecular complexity index is 466. The highest BCUT2D eigenvalue weighted by atomic mass is 14.9. The van der Waals surface area contributed by atoms with E-state index >= 15 is 0 Å². The van der Waals surface area contributed by atoms with Gasteiger partial charge in [0.25, 0.3) is 0 Å². The minimum atomic E-state index is 0.706. The van der Waals surface area contributed by atoms with E-state index in [1.165, 1.54) is 11.1 Å². The summed E-state index contributed by atoms with van der Waals surface area (Å²) in [5.74, 6) is 0. The van der Waals surface area contributed by atoms with E-state index in [0.29, 0.717) is 6.54 Å². The zero-order chi connectivity index (χ0) is 11.4. The highest BCUT2D eigenvalue weighted by molar-refractivity contribution is 5.51. The lowest BCUT2D eigenvalue weighted by Crippen LogP contribution is -2.03. The molecule has 2 aromatic rings. The van der Waals surface area contributed by atoms with Crippen molar-refractivity contribution in [2.24, 2.45) is 0 Å². The van der Waals surface area contributed by atoms with Crippen LogP contribution in [-0.2, 0) is 6.54 Å². The lowest BCUT2D eigenvalue weighted by molar-refractivity contribution is 1.01. The van der Waals surface area contributed by atoms with Crippen LogP contribution in [0.25, 0.3) is 0 Å². The summed E-state index contributed by atoms with van der Waals surface area (Å²) in [5.41, 5.74) is 4.63. The second-order valence-corrected chi connectivity index (χ2v) is 3.87. The molecule has 1 aromatic carbocycles. The first-order valence-electron chi connectivity index (χ1n) is 5.32. The highest BCUT2D eigenvalue weighted by Gasteiger charge is 1.98. The molecule has 0 atom stereocenters. The standard InChI is InChI=1S/C13H15N3/c1-10-3-4-13(11(2)7-10)16-9-12-8-14-5-6-15-12/h3-8,16H,9H2,1-2H3. The molecule has 82 valence electrons. The lowest BCUT2D eigenvalue weighted by Gasteiger charge is -2.09. The van der Waals surface area contributed by atoms with Crippen molar-refractivity contribution >= 4 is 5.69 Å². The maximum Gasteiger partial charge on any atom is 0.0777 e. The molecule has 0 spiro atoms. The Morgan fingerprint density at radius 1 is 1.19 bits per heavy atom. The fourth-order valence-corrected chi connectivity index (χ4v) is 1.62. The molecular weight excluding hydrogens is 198 g/mol. The Balaban J connectivity index is 2.05. The Kier molecular flexibility index (Phi) is 3.15. The molecule has 3 heteroatoms. The molecule has 0 unspecified atom stereocenters. The van der Waals surface area contributed by atoms with Gasteiger partial charge in [-0.3, -0.25) is 9.97 Å². The van der Waals surface area contributed by atoms with E-state index in [0.717, 1.165) is 11.4 Å². The molecule has 16 heavy (non-hydrogen) atoms. The number of nitrogens with zero attached hydrogens (tertiary/aromatic N) is 2. The van der Waals surface area contributed by atoms with Crippen LogP contribution in [0.1, 0.15) is 16.8 Å². The molecule has 0 saturated heterocycles. The second-order valence-electron chi connectivity index (χ2n) is 3.87. The van der Waals surface area contributed by atoms with Gasteiger partial charge in [0, 0.05) is 18.1 Å². The first-order valence-corrected chi connectivity index (χ1v) is 5.32. The first-order chi connectivity index (χ1) is 7.75. The topological polar surface area (TPSA) is 37.8 Å². The third kappa shape index (κ3) is 2.57.